The van der Waals surface area contributed by atoms with Gasteiger partial charge in [0.15, 0.2) is 0 Å². The average molecular weight is 381 g/mol. The van der Waals surface area contributed by atoms with Gasteiger partial charge in [-0.25, -0.2) is 0 Å². The molecule has 0 spiro atoms. The van der Waals surface area contributed by atoms with E-state index in [1.54, 1.807) is 76.4 Å². The SMILES string of the molecule is COc1ccc(N2C(=O)C(=O)[C@@H](C(=O)OC(C)(C)C)[C@H]2c2ccccc2)cc1. The van der Waals surface area contributed by atoms with Crippen molar-refractivity contribution in [2.24, 2.45) is 5.92 Å². The van der Waals surface area contributed by atoms with Gasteiger partial charge in [-0.2, -0.15) is 0 Å². The molecule has 2 atom stereocenters. The summed E-state index contributed by atoms with van der Waals surface area (Å²) in [6, 6.07) is 15.1. The minimum Gasteiger partial charge on any atom is -0.497 e. The molecular formula is C22H23NO5. The molecule has 28 heavy (non-hydrogen) atoms. The Labute approximate surface area is 164 Å². The largest absolute Gasteiger partial charge is 0.497 e. The number of hydrogen-bond acceptors (Lipinski definition) is 5. The van der Waals surface area contributed by atoms with Crippen molar-refractivity contribution < 1.29 is 23.9 Å². The summed E-state index contributed by atoms with van der Waals surface area (Å²) in [5.41, 5.74) is 0.433. The first kappa shape index (κ1) is 19.6. The van der Waals surface area contributed by atoms with E-state index in [9.17, 15) is 14.4 Å². The average Bonchev–Trinajstić information content (AvgIpc) is 2.92. The van der Waals surface area contributed by atoms with Crippen LogP contribution >= 0.6 is 0 Å². The number of benzene rings is 2. The summed E-state index contributed by atoms with van der Waals surface area (Å²) >= 11 is 0. The van der Waals surface area contributed by atoms with Gasteiger partial charge >= 0.3 is 5.97 Å². The first-order valence-corrected chi connectivity index (χ1v) is 9.02. The summed E-state index contributed by atoms with van der Waals surface area (Å²) < 4.78 is 10.6. The fourth-order valence-corrected chi connectivity index (χ4v) is 3.28. The number of ether oxygens (including phenoxy) is 2. The molecule has 2 aromatic rings. The Balaban J connectivity index is 2.08. The van der Waals surface area contributed by atoms with E-state index >= 15 is 0 Å². The molecule has 1 aliphatic rings. The highest BCUT2D eigenvalue weighted by molar-refractivity contribution is 6.47. The zero-order chi connectivity index (χ0) is 20.5. The number of nitrogens with zero attached hydrogens (tertiary/aromatic N) is 1. The van der Waals surface area contributed by atoms with Crippen molar-refractivity contribution in [1.29, 1.82) is 0 Å². The van der Waals surface area contributed by atoms with Crippen molar-refractivity contribution in [3.63, 3.8) is 0 Å². The summed E-state index contributed by atoms with van der Waals surface area (Å²) in [5, 5.41) is 0. The molecule has 6 heteroatoms. The lowest BCUT2D eigenvalue weighted by atomic mass is 9.92. The van der Waals surface area contributed by atoms with E-state index in [4.69, 9.17) is 9.47 Å². The molecule has 0 N–H and O–H groups in total. The van der Waals surface area contributed by atoms with E-state index in [-0.39, 0.29) is 0 Å². The smallest absolute Gasteiger partial charge is 0.320 e. The Morgan fingerprint density at radius 3 is 2.11 bits per heavy atom. The molecule has 1 heterocycles. The number of rotatable bonds is 4. The number of carbonyl (C=O) groups is 3. The zero-order valence-corrected chi connectivity index (χ0v) is 16.3. The maximum absolute atomic E-state index is 12.9. The highest BCUT2D eigenvalue weighted by Gasteiger charge is 2.53. The second-order valence-corrected chi connectivity index (χ2v) is 7.60. The molecular weight excluding hydrogens is 358 g/mol. The standard InChI is InChI=1S/C22H23NO5/c1-22(2,3)28-21(26)17-18(14-8-6-5-7-9-14)23(20(25)19(17)24)15-10-12-16(27-4)13-11-15/h5-13,17-18H,1-4H3/t17-,18+/m0/s1. The third-order valence-corrected chi connectivity index (χ3v) is 4.46. The highest BCUT2D eigenvalue weighted by atomic mass is 16.6. The summed E-state index contributed by atoms with van der Waals surface area (Å²) in [6.07, 6.45) is 0. The Hall–Kier alpha value is -3.15. The van der Waals surface area contributed by atoms with Crippen LogP contribution in [0.4, 0.5) is 5.69 Å². The normalized spacial score (nSPS) is 19.6. The Morgan fingerprint density at radius 1 is 0.964 bits per heavy atom. The number of methoxy groups -OCH3 is 1. The molecule has 0 bridgehead atoms. The van der Waals surface area contributed by atoms with Crippen LogP contribution in [0, 0.1) is 5.92 Å². The second-order valence-electron chi connectivity index (χ2n) is 7.60. The molecule has 1 amide bonds. The van der Waals surface area contributed by atoms with Crippen molar-refractivity contribution >= 4 is 23.3 Å². The van der Waals surface area contributed by atoms with Crippen molar-refractivity contribution in [3.05, 3.63) is 60.2 Å². The number of amides is 1. The zero-order valence-electron chi connectivity index (χ0n) is 16.3. The van der Waals surface area contributed by atoms with Crippen LogP contribution in [0.2, 0.25) is 0 Å². The number of hydrogen-bond donors (Lipinski definition) is 0. The fraction of sp³-hybridized carbons (Fsp3) is 0.318. The van der Waals surface area contributed by atoms with E-state index in [0.29, 0.717) is 17.0 Å². The van der Waals surface area contributed by atoms with E-state index < -0.39 is 35.2 Å². The van der Waals surface area contributed by atoms with Crippen molar-refractivity contribution in [2.75, 3.05) is 12.0 Å². The quantitative estimate of drug-likeness (QED) is 0.462. The van der Waals surface area contributed by atoms with Gasteiger partial charge in [0, 0.05) is 5.69 Å². The predicted octanol–water partition coefficient (Wildman–Crippen LogP) is 3.31. The van der Waals surface area contributed by atoms with Crippen molar-refractivity contribution in [2.45, 2.75) is 32.4 Å². The van der Waals surface area contributed by atoms with Gasteiger partial charge in [-0.3, -0.25) is 19.3 Å². The lowest BCUT2D eigenvalue weighted by Gasteiger charge is -2.28. The van der Waals surface area contributed by atoms with Gasteiger partial charge in [0.05, 0.1) is 13.2 Å². The molecule has 1 aliphatic heterocycles. The highest BCUT2D eigenvalue weighted by Crippen LogP contribution is 2.41. The molecule has 146 valence electrons. The maximum atomic E-state index is 12.9. The van der Waals surface area contributed by atoms with Crippen LogP contribution in [-0.2, 0) is 19.1 Å². The predicted molar refractivity (Wildman–Crippen MR) is 104 cm³/mol. The number of anilines is 1. The molecule has 2 aromatic carbocycles. The summed E-state index contributed by atoms with van der Waals surface area (Å²) in [5.74, 6) is -2.79. The molecule has 0 aromatic heterocycles. The van der Waals surface area contributed by atoms with Crippen LogP contribution in [-0.4, -0.2) is 30.4 Å². The number of esters is 1. The van der Waals surface area contributed by atoms with E-state index in [1.165, 1.54) is 4.90 Å². The van der Waals surface area contributed by atoms with Crippen LogP contribution < -0.4 is 9.64 Å². The van der Waals surface area contributed by atoms with Gasteiger partial charge in [0.2, 0.25) is 5.78 Å². The monoisotopic (exact) mass is 381 g/mol. The van der Waals surface area contributed by atoms with Gasteiger partial charge < -0.3 is 9.47 Å². The minimum absolute atomic E-state index is 0.513. The van der Waals surface area contributed by atoms with Gasteiger partial charge in [-0.1, -0.05) is 30.3 Å². The number of carbonyl (C=O) groups excluding carboxylic acids is 3. The van der Waals surface area contributed by atoms with Gasteiger partial charge in [0.1, 0.15) is 17.3 Å². The minimum atomic E-state index is -1.23. The second kappa shape index (κ2) is 7.46. The molecule has 0 saturated carbocycles. The topological polar surface area (TPSA) is 72.9 Å². The van der Waals surface area contributed by atoms with Gasteiger partial charge in [-0.15, -0.1) is 0 Å². The molecule has 0 aliphatic carbocycles. The van der Waals surface area contributed by atoms with E-state index in [0.717, 1.165) is 0 Å². The molecule has 0 unspecified atom stereocenters. The van der Waals surface area contributed by atoms with Gasteiger partial charge in [-0.05, 0) is 50.6 Å². The van der Waals surface area contributed by atoms with Crippen LogP contribution in [0.15, 0.2) is 54.6 Å². The fourth-order valence-electron chi connectivity index (χ4n) is 3.28. The third kappa shape index (κ3) is 3.76. The van der Waals surface area contributed by atoms with E-state index in [1.807, 2.05) is 6.07 Å². The van der Waals surface area contributed by atoms with Crippen molar-refractivity contribution in [3.8, 4) is 5.75 Å². The van der Waals surface area contributed by atoms with Gasteiger partial charge in [0.25, 0.3) is 5.91 Å². The maximum Gasteiger partial charge on any atom is 0.320 e. The molecule has 1 saturated heterocycles. The molecule has 3 rings (SSSR count). The Bertz CT molecular complexity index is 883. The van der Waals surface area contributed by atoms with Crippen LogP contribution in [0.1, 0.15) is 32.4 Å². The first-order valence-electron chi connectivity index (χ1n) is 9.02. The van der Waals surface area contributed by atoms with Crippen LogP contribution in [0.25, 0.3) is 0 Å². The Kier molecular flexibility index (Phi) is 5.23. The van der Waals surface area contributed by atoms with Crippen LogP contribution in [0.3, 0.4) is 0 Å². The molecule has 1 fully saturated rings. The summed E-state index contributed by atoms with van der Waals surface area (Å²) in [6.45, 7) is 5.18. The van der Waals surface area contributed by atoms with Crippen molar-refractivity contribution in [1.82, 2.24) is 0 Å². The lowest BCUT2D eigenvalue weighted by molar-refractivity contribution is -0.162. The van der Waals surface area contributed by atoms with E-state index in [2.05, 4.69) is 0 Å². The third-order valence-electron chi connectivity index (χ3n) is 4.46. The van der Waals surface area contributed by atoms with Crippen LogP contribution in [0.5, 0.6) is 5.75 Å². The summed E-state index contributed by atoms with van der Waals surface area (Å²) in [4.78, 5) is 39.9. The first-order chi connectivity index (χ1) is 13.2. The Morgan fingerprint density at radius 2 is 1.57 bits per heavy atom. The molecule has 0 radical (unpaired) electrons. The lowest BCUT2D eigenvalue weighted by Crippen LogP contribution is -2.34. The number of ketones is 1. The number of Topliss-reactive ketones (excluding diaryl/α,β-unsaturated/α-hetero) is 1. The molecule has 6 nitrogen and oxygen atoms in total. The summed E-state index contributed by atoms with van der Waals surface area (Å²) in [7, 11) is 1.55.